The number of carbonyl (C=O) groups is 2. The first-order chi connectivity index (χ1) is 18.7. The van der Waals surface area contributed by atoms with Gasteiger partial charge in [0, 0.05) is 30.9 Å². The van der Waals surface area contributed by atoms with E-state index in [1.54, 1.807) is 25.7 Å². The van der Waals surface area contributed by atoms with Gasteiger partial charge < -0.3 is 19.9 Å². The lowest BCUT2D eigenvalue weighted by molar-refractivity contribution is -0.161. The van der Waals surface area contributed by atoms with Gasteiger partial charge in [0.15, 0.2) is 0 Å². The van der Waals surface area contributed by atoms with Crippen molar-refractivity contribution in [2.75, 3.05) is 31.1 Å². The number of ether oxygens (including phenoxy) is 1. The van der Waals surface area contributed by atoms with Gasteiger partial charge in [-0.25, -0.2) is 13.6 Å². The molecule has 1 saturated heterocycles. The van der Waals surface area contributed by atoms with Crippen molar-refractivity contribution in [2.24, 2.45) is 0 Å². The van der Waals surface area contributed by atoms with Gasteiger partial charge in [-0.2, -0.15) is 13.2 Å². The Labute approximate surface area is 230 Å². The van der Waals surface area contributed by atoms with Gasteiger partial charge in [0.25, 0.3) is 0 Å². The first-order valence-electron chi connectivity index (χ1n) is 13.4. The van der Waals surface area contributed by atoms with E-state index in [0.29, 0.717) is 42.6 Å². The highest BCUT2D eigenvalue weighted by atomic mass is 19.4. The summed E-state index contributed by atoms with van der Waals surface area (Å²) in [6, 6.07) is 5.82. The van der Waals surface area contributed by atoms with Crippen LogP contribution in [-0.4, -0.2) is 60.9 Å². The van der Waals surface area contributed by atoms with Crippen LogP contribution in [-0.2, 0) is 9.53 Å². The molecule has 0 bridgehead atoms. The Balaban J connectivity index is 1.73. The monoisotopic (exact) mass is 567 g/mol. The number of alkyl carbamates (subject to hydrolysis) is 1. The number of halogens is 5. The van der Waals surface area contributed by atoms with Gasteiger partial charge in [0.1, 0.15) is 23.8 Å². The standard InChI is InChI=1S/C29H34F5N3O3/c1-5-6-10-37(16-29(32,33)34)26(38)25-20-8-7-17(30)12-21(20)22-13-18(31)14-23(24(22)25)36-11-9-19(15-36)35-27(39)40-28(2,3)4/h7-8,12-14,19,25H,5-6,9-11,15-16H2,1-4H3,(H,35,39). The van der Waals surface area contributed by atoms with E-state index in [1.165, 1.54) is 24.3 Å². The SMILES string of the molecule is CCCCN(CC(F)(F)F)C(=O)C1c2ccc(F)cc2-c2cc(F)cc(N3CCC(NC(=O)OC(C)(C)C)C3)c21. The van der Waals surface area contributed by atoms with Crippen LogP contribution in [0.3, 0.4) is 0 Å². The van der Waals surface area contributed by atoms with Crippen molar-refractivity contribution in [1.82, 2.24) is 10.2 Å². The van der Waals surface area contributed by atoms with Crippen LogP contribution in [0.1, 0.15) is 64.0 Å². The third-order valence-electron chi connectivity index (χ3n) is 6.99. The lowest BCUT2D eigenvalue weighted by Gasteiger charge is -2.30. The topological polar surface area (TPSA) is 61.9 Å². The maximum Gasteiger partial charge on any atom is 0.407 e. The lowest BCUT2D eigenvalue weighted by Crippen LogP contribution is -2.42. The number of unbranched alkanes of at least 4 members (excludes halogenated alkanes) is 1. The summed E-state index contributed by atoms with van der Waals surface area (Å²) >= 11 is 0. The molecule has 2 aliphatic rings. The molecule has 1 fully saturated rings. The van der Waals surface area contributed by atoms with E-state index in [4.69, 9.17) is 4.74 Å². The molecule has 0 aromatic heterocycles. The molecule has 2 atom stereocenters. The van der Waals surface area contributed by atoms with Crippen LogP contribution < -0.4 is 10.2 Å². The number of fused-ring (bicyclic) bond motifs is 3. The normalized spacial score (nSPS) is 18.4. The predicted molar refractivity (Wildman–Crippen MR) is 141 cm³/mol. The number of amides is 2. The zero-order valence-corrected chi connectivity index (χ0v) is 23.0. The van der Waals surface area contributed by atoms with Crippen molar-refractivity contribution in [1.29, 1.82) is 0 Å². The van der Waals surface area contributed by atoms with Gasteiger partial charge in [0.2, 0.25) is 5.91 Å². The predicted octanol–water partition coefficient (Wildman–Crippen LogP) is 6.37. The molecule has 1 N–H and O–H groups in total. The van der Waals surface area contributed by atoms with Crippen LogP contribution in [0, 0.1) is 11.6 Å². The quantitative estimate of drug-likeness (QED) is 0.395. The van der Waals surface area contributed by atoms with Gasteiger partial charge in [-0.1, -0.05) is 19.4 Å². The molecule has 218 valence electrons. The second kappa shape index (κ2) is 11.2. The Bertz CT molecular complexity index is 1270. The number of rotatable bonds is 7. The minimum absolute atomic E-state index is 0.0979. The molecule has 0 radical (unpaired) electrons. The van der Waals surface area contributed by atoms with Crippen molar-refractivity contribution in [3.05, 3.63) is 53.1 Å². The summed E-state index contributed by atoms with van der Waals surface area (Å²) in [5, 5.41) is 2.80. The van der Waals surface area contributed by atoms with Crippen molar-refractivity contribution in [3.8, 4) is 11.1 Å². The average molecular weight is 568 g/mol. The minimum Gasteiger partial charge on any atom is -0.444 e. The molecular weight excluding hydrogens is 533 g/mol. The average Bonchev–Trinajstić information content (AvgIpc) is 3.41. The largest absolute Gasteiger partial charge is 0.444 e. The minimum atomic E-state index is -4.61. The molecule has 0 saturated carbocycles. The fourth-order valence-electron chi connectivity index (χ4n) is 5.40. The van der Waals surface area contributed by atoms with Gasteiger partial charge in [-0.3, -0.25) is 4.79 Å². The van der Waals surface area contributed by atoms with Crippen molar-refractivity contribution >= 4 is 17.7 Å². The summed E-state index contributed by atoms with van der Waals surface area (Å²) < 4.78 is 75.2. The molecule has 2 aromatic rings. The molecule has 0 spiro atoms. The summed E-state index contributed by atoms with van der Waals surface area (Å²) in [6.07, 6.45) is -3.75. The zero-order chi connectivity index (χ0) is 29.4. The number of nitrogens with zero attached hydrogens (tertiary/aromatic N) is 2. The highest BCUT2D eigenvalue weighted by Crippen LogP contribution is 2.51. The van der Waals surface area contributed by atoms with Crippen LogP contribution in [0.4, 0.5) is 32.4 Å². The molecule has 2 unspecified atom stereocenters. The number of hydrogen-bond donors (Lipinski definition) is 1. The Kier molecular flexibility index (Phi) is 8.33. The van der Waals surface area contributed by atoms with E-state index < -0.39 is 47.9 Å². The van der Waals surface area contributed by atoms with E-state index in [9.17, 15) is 31.5 Å². The molecule has 1 aliphatic heterocycles. The molecule has 40 heavy (non-hydrogen) atoms. The summed E-state index contributed by atoms with van der Waals surface area (Å²) in [6.45, 7) is 6.18. The van der Waals surface area contributed by atoms with Gasteiger partial charge in [-0.15, -0.1) is 0 Å². The number of nitrogens with one attached hydrogen (secondary N) is 1. The van der Waals surface area contributed by atoms with Gasteiger partial charge in [0.05, 0.1) is 12.0 Å². The van der Waals surface area contributed by atoms with Crippen LogP contribution in [0.5, 0.6) is 0 Å². The second-order valence-corrected chi connectivity index (χ2v) is 11.4. The molecule has 6 nitrogen and oxygen atoms in total. The molecule has 2 amide bonds. The first kappa shape index (κ1) is 29.6. The smallest absolute Gasteiger partial charge is 0.407 e. The number of carbonyl (C=O) groups excluding carboxylic acids is 2. The van der Waals surface area contributed by atoms with Crippen molar-refractivity contribution in [3.63, 3.8) is 0 Å². The Hall–Kier alpha value is -3.37. The van der Waals surface area contributed by atoms with Crippen LogP contribution >= 0.6 is 0 Å². The third-order valence-corrected chi connectivity index (χ3v) is 6.99. The highest BCUT2D eigenvalue weighted by molar-refractivity contribution is 5.99. The first-order valence-corrected chi connectivity index (χ1v) is 13.4. The Morgan fingerprint density at radius 1 is 1.07 bits per heavy atom. The van der Waals surface area contributed by atoms with E-state index in [0.717, 1.165) is 11.0 Å². The maximum absolute atomic E-state index is 15.0. The summed E-state index contributed by atoms with van der Waals surface area (Å²) in [5.41, 5.74) is 0.863. The van der Waals surface area contributed by atoms with Crippen LogP contribution in [0.25, 0.3) is 11.1 Å². The van der Waals surface area contributed by atoms with Crippen LogP contribution in [0.15, 0.2) is 30.3 Å². The summed E-state index contributed by atoms with van der Waals surface area (Å²) in [4.78, 5) is 28.8. The molecule has 1 aliphatic carbocycles. The maximum atomic E-state index is 15.0. The third kappa shape index (κ3) is 6.67. The van der Waals surface area contributed by atoms with E-state index >= 15 is 0 Å². The molecule has 1 heterocycles. The highest BCUT2D eigenvalue weighted by Gasteiger charge is 2.43. The van der Waals surface area contributed by atoms with E-state index in [-0.39, 0.29) is 30.3 Å². The van der Waals surface area contributed by atoms with Crippen molar-refractivity contribution < 1.29 is 36.3 Å². The van der Waals surface area contributed by atoms with Gasteiger partial charge >= 0.3 is 12.3 Å². The number of hydrogen-bond acceptors (Lipinski definition) is 4. The Morgan fingerprint density at radius 3 is 2.42 bits per heavy atom. The fraction of sp³-hybridized carbons (Fsp3) is 0.517. The molecular formula is C29H34F5N3O3. The zero-order valence-electron chi connectivity index (χ0n) is 23.0. The van der Waals surface area contributed by atoms with E-state index in [1.807, 2.05) is 6.92 Å². The lowest BCUT2D eigenvalue weighted by atomic mass is 9.93. The summed E-state index contributed by atoms with van der Waals surface area (Å²) in [7, 11) is 0. The van der Waals surface area contributed by atoms with Gasteiger partial charge in [-0.05, 0) is 74.6 Å². The van der Waals surface area contributed by atoms with Crippen molar-refractivity contribution in [2.45, 2.75) is 70.7 Å². The Morgan fingerprint density at radius 2 is 1.77 bits per heavy atom. The number of anilines is 1. The summed E-state index contributed by atoms with van der Waals surface area (Å²) in [5.74, 6) is -3.17. The van der Waals surface area contributed by atoms with E-state index in [2.05, 4.69) is 5.32 Å². The second-order valence-electron chi connectivity index (χ2n) is 11.4. The van der Waals surface area contributed by atoms with Crippen LogP contribution in [0.2, 0.25) is 0 Å². The number of benzene rings is 2. The molecule has 2 aromatic carbocycles. The molecule has 4 rings (SSSR count). The molecule has 11 heteroatoms. The fourth-order valence-corrected chi connectivity index (χ4v) is 5.40. The number of alkyl halides is 3.